The van der Waals surface area contributed by atoms with E-state index in [-0.39, 0.29) is 12.6 Å². The molecule has 1 saturated heterocycles. The van der Waals surface area contributed by atoms with E-state index in [2.05, 4.69) is 24.1 Å². The second-order valence-electron chi connectivity index (χ2n) is 5.82. The average Bonchev–Trinajstić information content (AvgIpc) is 2.85. The molecule has 94 valence electrons. The number of piperidine rings is 1. The van der Waals surface area contributed by atoms with Crippen LogP contribution in [0.2, 0.25) is 0 Å². The van der Waals surface area contributed by atoms with E-state index in [9.17, 15) is 5.11 Å². The molecule has 2 N–H and O–H groups in total. The largest absolute Gasteiger partial charge is 0.395 e. The van der Waals surface area contributed by atoms with Crippen molar-refractivity contribution in [1.82, 2.24) is 10.2 Å². The highest BCUT2D eigenvalue weighted by Gasteiger charge is 2.37. The lowest BCUT2D eigenvalue weighted by Crippen LogP contribution is -2.41. The number of aliphatic hydroxyl groups is 1. The first-order valence-electron chi connectivity index (χ1n) is 6.80. The zero-order valence-electron chi connectivity index (χ0n) is 10.7. The van der Waals surface area contributed by atoms with Gasteiger partial charge in [-0.1, -0.05) is 13.8 Å². The van der Waals surface area contributed by atoms with Gasteiger partial charge in [-0.3, -0.25) is 0 Å². The van der Waals surface area contributed by atoms with Crippen LogP contribution in [0.5, 0.6) is 0 Å². The lowest BCUT2D eigenvalue weighted by atomic mass is 10.1. The Kier molecular flexibility index (Phi) is 4.22. The molecule has 2 fully saturated rings. The van der Waals surface area contributed by atoms with Gasteiger partial charge in [-0.15, -0.1) is 0 Å². The van der Waals surface area contributed by atoms with E-state index in [1.165, 1.54) is 25.8 Å². The summed E-state index contributed by atoms with van der Waals surface area (Å²) in [7, 11) is 0. The van der Waals surface area contributed by atoms with Gasteiger partial charge in [-0.05, 0) is 31.6 Å². The first-order valence-corrected chi connectivity index (χ1v) is 6.80. The molecule has 0 aromatic rings. The molecule has 0 amide bonds. The van der Waals surface area contributed by atoms with E-state index in [0.717, 1.165) is 24.9 Å². The van der Waals surface area contributed by atoms with E-state index >= 15 is 0 Å². The smallest absolute Gasteiger partial charge is 0.0585 e. The van der Waals surface area contributed by atoms with Gasteiger partial charge in [0.1, 0.15) is 0 Å². The standard InChI is InChI=1S/C13H26N2O/c1-10(2)14-12(9-16)5-6-15-8-11-3-4-13(15)7-11/h10-14,16H,3-9H2,1-2H3. The maximum Gasteiger partial charge on any atom is 0.0585 e. The van der Waals surface area contributed by atoms with E-state index < -0.39 is 0 Å². The molecular formula is C13H26N2O. The molecular weight excluding hydrogens is 200 g/mol. The van der Waals surface area contributed by atoms with Crippen LogP contribution >= 0.6 is 0 Å². The highest BCUT2D eigenvalue weighted by molar-refractivity contribution is 4.92. The molecule has 3 heteroatoms. The van der Waals surface area contributed by atoms with Crippen LogP contribution in [0.25, 0.3) is 0 Å². The molecule has 0 radical (unpaired) electrons. The van der Waals surface area contributed by atoms with Crippen LogP contribution < -0.4 is 5.32 Å². The Morgan fingerprint density at radius 1 is 1.38 bits per heavy atom. The predicted molar refractivity (Wildman–Crippen MR) is 66.5 cm³/mol. The van der Waals surface area contributed by atoms with Crippen LogP contribution in [0, 0.1) is 5.92 Å². The Hall–Kier alpha value is -0.120. The Labute approximate surface area is 99.2 Å². The van der Waals surface area contributed by atoms with E-state index in [4.69, 9.17) is 0 Å². The fourth-order valence-electron chi connectivity index (χ4n) is 3.32. The van der Waals surface area contributed by atoms with Gasteiger partial charge in [0.05, 0.1) is 6.61 Å². The van der Waals surface area contributed by atoms with E-state index in [1.807, 2.05) is 0 Å². The Balaban J connectivity index is 1.70. The minimum Gasteiger partial charge on any atom is -0.395 e. The Morgan fingerprint density at radius 3 is 2.69 bits per heavy atom. The highest BCUT2D eigenvalue weighted by atomic mass is 16.3. The summed E-state index contributed by atoms with van der Waals surface area (Å²) in [5.41, 5.74) is 0. The van der Waals surface area contributed by atoms with Gasteiger partial charge < -0.3 is 15.3 Å². The van der Waals surface area contributed by atoms with Crippen LogP contribution in [-0.2, 0) is 0 Å². The summed E-state index contributed by atoms with van der Waals surface area (Å²) in [5, 5.41) is 12.7. The number of likely N-dealkylation sites (tertiary alicyclic amines) is 1. The molecule has 0 aromatic heterocycles. The summed E-state index contributed by atoms with van der Waals surface area (Å²) in [6.07, 6.45) is 5.38. The molecule has 1 aliphatic heterocycles. The number of fused-ring (bicyclic) bond motifs is 2. The third kappa shape index (κ3) is 2.96. The fraction of sp³-hybridized carbons (Fsp3) is 1.00. The van der Waals surface area contributed by atoms with Crippen LogP contribution in [0.3, 0.4) is 0 Å². The number of nitrogens with one attached hydrogen (secondary N) is 1. The van der Waals surface area contributed by atoms with Crippen molar-refractivity contribution in [3.8, 4) is 0 Å². The van der Waals surface area contributed by atoms with Crippen molar-refractivity contribution in [2.45, 2.75) is 57.7 Å². The van der Waals surface area contributed by atoms with Gasteiger partial charge >= 0.3 is 0 Å². The Bertz CT molecular complexity index is 220. The third-order valence-corrected chi connectivity index (χ3v) is 4.08. The summed E-state index contributed by atoms with van der Waals surface area (Å²) in [5.74, 6) is 0.982. The van der Waals surface area contributed by atoms with Crippen molar-refractivity contribution in [1.29, 1.82) is 0 Å². The van der Waals surface area contributed by atoms with Crippen molar-refractivity contribution in [2.75, 3.05) is 19.7 Å². The van der Waals surface area contributed by atoms with Gasteiger partial charge in [0, 0.05) is 31.2 Å². The number of rotatable bonds is 6. The molecule has 3 nitrogen and oxygen atoms in total. The second-order valence-corrected chi connectivity index (χ2v) is 5.82. The molecule has 16 heavy (non-hydrogen) atoms. The molecule has 2 bridgehead atoms. The van der Waals surface area contributed by atoms with E-state index in [0.29, 0.717) is 6.04 Å². The number of nitrogens with zero attached hydrogens (tertiary/aromatic N) is 1. The zero-order chi connectivity index (χ0) is 11.5. The van der Waals surface area contributed by atoms with Crippen molar-refractivity contribution < 1.29 is 5.11 Å². The number of aliphatic hydroxyl groups excluding tert-OH is 1. The molecule has 0 spiro atoms. The van der Waals surface area contributed by atoms with Crippen LogP contribution in [0.1, 0.15) is 39.5 Å². The van der Waals surface area contributed by atoms with Gasteiger partial charge in [0.2, 0.25) is 0 Å². The molecule has 3 unspecified atom stereocenters. The Morgan fingerprint density at radius 2 is 2.19 bits per heavy atom. The second kappa shape index (κ2) is 5.48. The van der Waals surface area contributed by atoms with Gasteiger partial charge in [0.15, 0.2) is 0 Å². The molecule has 1 heterocycles. The third-order valence-electron chi connectivity index (χ3n) is 4.08. The normalized spacial score (nSPS) is 31.5. The summed E-state index contributed by atoms with van der Waals surface area (Å²) < 4.78 is 0. The van der Waals surface area contributed by atoms with Gasteiger partial charge in [-0.2, -0.15) is 0 Å². The van der Waals surface area contributed by atoms with Crippen LogP contribution in [0.4, 0.5) is 0 Å². The van der Waals surface area contributed by atoms with Crippen molar-refractivity contribution in [3.63, 3.8) is 0 Å². The van der Waals surface area contributed by atoms with Crippen molar-refractivity contribution in [2.24, 2.45) is 5.92 Å². The molecule has 2 aliphatic rings. The SMILES string of the molecule is CC(C)NC(CO)CCN1CC2CCC1C2. The topological polar surface area (TPSA) is 35.5 Å². The minimum absolute atomic E-state index is 0.264. The fourth-order valence-corrected chi connectivity index (χ4v) is 3.32. The zero-order valence-corrected chi connectivity index (χ0v) is 10.7. The van der Waals surface area contributed by atoms with Crippen molar-refractivity contribution >= 4 is 0 Å². The summed E-state index contributed by atoms with van der Waals surface area (Å²) in [6.45, 7) is 7.01. The maximum atomic E-state index is 9.30. The molecule has 3 atom stereocenters. The molecule has 1 aliphatic carbocycles. The first-order chi connectivity index (χ1) is 7.69. The maximum absolute atomic E-state index is 9.30. The molecule has 0 aromatic carbocycles. The van der Waals surface area contributed by atoms with Crippen LogP contribution in [-0.4, -0.2) is 47.8 Å². The van der Waals surface area contributed by atoms with Crippen LogP contribution in [0.15, 0.2) is 0 Å². The number of hydrogen-bond donors (Lipinski definition) is 2. The van der Waals surface area contributed by atoms with Crippen molar-refractivity contribution in [3.05, 3.63) is 0 Å². The summed E-state index contributed by atoms with van der Waals surface area (Å²) in [4.78, 5) is 2.64. The number of hydrogen-bond acceptors (Lipinski definition) is 3. The highest BCUT2D eigenvalue weighted by Crippen LogP contribution is 2.37. The quantitative estimate of drug-likeness (QED) is 0.715. The van der Waals surface area contributed by atoms with E-state index in [1.54, 1.807) is 0 Å². The molecule has 2 rings (SSSR count). The van der Waals surface area contributed by atoms with Gasteiger partial charge in [0.25, 0.3) is 0 Å². The lowest BCUT2D eigenvalue weighted by molar-refractivity contribution is 0.176. The minimum atomic E-state index is 0.264. The monoisotopic (exact) mass is 226 g/mol. The van der Waals surface area contributed by atoms with Gasteiger partial charge in [-0.25, -0.2) is 0 Å². The lowest BCUT2D eigenvalue weighted by Gasteiger charge is -2.29. The first kappa shape index (κ1) is 12.3. The summed E-state index contributed by atoms with van der Waals surface area (Å²) >= 11 is 0. The molecule has 1 saturated carbocycles. The summed E-state index contributed by atoms with van der Waals surface area (Å²) in [6, 6.07) is 1.61. The average molecular weight is 226 g/mol. The predicted octanol–water partition coefficient (Wildman–Crippen LogP) is 1.22.